The second-order valence-corrected chi connectivity index (χ2v) is 12.2. The van der Waals surface area contributed by atoms with Gasteiger partial charge in [-0.3, -0.25) is 14.9 Å². The van der Waals surface area contributed by atoms with E-state index >= 15 is 0 Å². The van der Waals surface area contributed by atoms with Gasteiger partial charge in [0, 0.05) is 23.6 Å². The van der Waals surface area contributed by atoms with Crippen LogP contribution >= 0.6 is 0 Å². The Kier molecular flexibility index (Phi) is 6.09. The van der Waals surface area contributed by atoms with Gasteiger partial charge in [-0.1, -0.05) is 25.7 Å². The van der Waals surface area contributed by atoms with E-state index < -0.39 is 10.5 Å². The Balaban J connectivity index is 1.31. The van der Waals surface area contributed by atoms with E-state index in [2.05, 4.69) is 25.7 Å². The zero-order valence-electron chi connectivity index (χ0n) is 20.8. The number of aliphatic hydroxyl groups is 2. The number of nitrogens with zero attached hydrogens (tertiary/aromatic N) is 1. The minimum atomic E-state index is -1.02. The van der Waals surface area contributed by atoms with Crippen LogP contribution in [0.5, 0.6) is 0 Å². The lowest BCUT2D eigenvalue weighted by molar-refractivity contribution is -0.384. The first-order valence-electron chi connectivity index (χ1n) is 13.2. The molecule has 0 heterocycles. The van der Waals surface area contributed by atoms with Crippen LogP contribution in [0.4, 0.5) is 5.69 Å². The second-order valence-electron chi connectivity index (χ2n) is 12.2. The molecule has 8 atom stereocenters. The van der Waals surface area contributed by atoms with Crippen LogP contribution < -0.4 is 0 Å². The molecule has 4 saturated carbocycles. The molecule has 6 heteroatoms. The number of hydrogen-bond donors (Lipinski definition) is 2. The summed E-state index contributed by atoms with van der Waals surface area (Å²) in [6, 6.07) is 6.18. The third-order valence-corrected chi connectivity index (χ3v) is 10.8. The molecular weight excluding hydrogens is 442 g/mol. The summed E-state index contributed by atoms with van der Waals surface area (Å²) in [5.74, 6) is 8.47. The summed E-state index contributed by atoms with van der Waals surface area (Å²) in [5.41, 5.74) is -0.0906. The van der Waals surface area contributed by atoms with Crippen molar-refractivity contribution < 1.29 is 19.9 Å². The average Bonchev–Trinajstić information content (AvgIpc) is 3.20. The molecule has 1 aromatic rings. The van der Waals surface area contributed by atoms with Gasteiger partial charge in [-0.2, -0.15) is 0 Å². The van der Waals surface area contributed by atoms with Crippen molar-refractivity contribution >= 4 is 11.5 Å². The molecular formula is C29H37NO5. The minimum absolute atomic E-state index is 0.00937. The third kappa shape index (κ3) is 4.01. The maximum Gasteiger partial charge on any atom is 0.269 e. The van der Waals surface area contributed by atoms with E-state index in [0.29, 0.717) is 42.1 Å². The molecule has 6 nitrogen and oxygen atoms in total. The quantitative estimate of drug-likeness (QED) is 0.365. The molecule has 35 heavy (non-hydrogen) atoms. The number of aliphatic hydroxyl groups excluding tert-OH is 1. The van der Waals surface area contributed by atoms with Gasteiger partial charge in [0.1, 0.15) is 12.2 Å². The summed E-state index contributed by atoms with van der Waals surface area (Å²) >= 11 is 0. The molecule has 0 bridgehead atoms. The predicted octanol–water partition coefficient (Wildman–Crippen LogP) is 4.90. The first kappa shape index (κ1) is 24.5. The molecule has 188 valence electrons. The van der Waals surface area contributed by atoms with Crippen LogP contribution in [0.15, 0.2) is 24.3 Å². The molecule has 0 aromatic heterocycles. The zero-order chi connectivity index (χ0) is 25.0. The maximum atomic E-state index is 12.5. The molecule has 0 aliphatic heterocycles. The largest absolute Gasteiger partial charge is 0.389 e. The predicted molar refractivity (Wildman–Crippen MR) is 132 cm³/mol. The standard InChI is InChI=1S/C29H37NO5/c1-27-15-16-29(33,14-11-19-3-6-21(7-4-19)30(34)35)17-20(27)5-8-22-23-9-10-25(26(32)18-31)28(23,2)13-12-24(22)27/h3-4,6-7,20,22-25,31,33H,5,8-10,12-13,15-18H2,1-2H3/t20-,22+,23+,24+,25-,27+,28+,29-/m1/s1. The molecule has 1 aromatic carbocycles. The number of nitro groups is 1. The first-order chi connectivity index (χ1) is 16.6. The highest BCUT2D eigenvalue weighted by Crippen LogP contribution is 2.68. The number of non-ortho nitro benzene ring substituents is 1. The average molecular weight is 480 g/mol. The van der Waals surface area contributed by atoms with Crippen LogP contribution in [0.1, 0.15) is 77.2 Å². The van der Waals surface area contributed by atoms with E-state index in [4.69, 9.17) is 0 Å². The summed E-state index contributed by atoms with van der Waals surface area (Å²) < 4.78 is 0. The fourth-order valence-corrected chi connectivity index (χ4v) is 8.85. The maximum absolute atomic E-state index is 12.5. The van der Waals surface area contributed by atoms with E-state index in [1.807, 2.05) is 0 Å². The number of rotatable bonds is 3. The molecule has 5 rings (SSSR count). The Bertz CT molecular complexity index is 1070. The number of fused-ring (bicyclic) bond motifs is 5. The molecule has 4 aliphatic carbocycles. The summed E-state index contributed by atoms with van der Waals surface area (Å²) in [6.45, 7) is 4.41. The van der Waals surface area contributed by atoms with Crippen molar-refractivity contribution in [2.24, 2.45) is 40.4 Å². The Morgan fingerprint density at radius 1 is 1.03 bits per heavy atom. The fourth-order valence-electron chi connectivity index (χ4n) is 8.85. The van der Waals surface area contributed by atoms with Crippen LogP contribution in [0.3, 0.4) is 0 Å². The number of ketones is 1. The van der Waals surface area contributed by atoms with Gasteiger partial charge < -0.3 is 10.2 Å². The molecule has 0 radical (unpaired) electrons. The Morgan fingerprint density at radius 2 is 1.74 bits per heavy atom. The molecule has 0 saturated heterocycles. The molecule has 0 unspecified atom stereocenters. The Hall–Kier alpha value is -2.23. The Morgan fingerprint density at radius 3 is 2.43 bits per heavy atom. The molecule has 0 amide bonds. The molecule has 0 spiro atoms. The number of Topliss-reactive ketones (excluding diaryl/α,β-unsaturated/α-hetero) is 1. The van der Waals surface area contributed by atoms with E-state index in [0.717, 1.165) is 44.9 Å². The first-order valence-corrected chi connectivity index (χ1v) is 13.2. The second kappa shape index (κ2) is 8.71. The van der Waals surface area contributed by atoms with Gasteiger partial charge in [-0.15, -0.1) is 0 Å². The van der Waals surface area contributed by atoms with Crippen LogP contribution in [-0.2, 0) is 4.79 Å². The van der Waals surface area contributed by atoms with Gasteiger partial charge in [0.25, 0.3) is 5.69 Å². The highest BCUT2D eigenvalue weighted by atomic mass is 16.6. The number of hydrogen-bond acceptors (Lipinski definition) is 5. The third-order valence-electron chi connectivity index (χ3n) is 10.8. The van der Waals surface area contributed by atoms with Crippen LogP contribution in [0, 0.1) is 62.4 Å². The van der Waals surface area contributed by atoms with Crippen molar-refractivity contribution in [3.8, 4) is 11.8 Å². The topological polar surface area (TPSA) is 101 Å². The SMILES string of the molecule is C[C@]12CC[C@](O)(C#Cc3ccc([N+](=O)[O-])cc3)C[C@H]1CC[C@@H]1[C@@H]2CC[C@]2(C)[C@@H](C(=O)CO)CC[C@@H]12. The van der Waals surface area contributed by atoms with E-state index in [1.54, 1.807) is 12.1 Å². The van der Waals surface area contributed by atoms with Gasteiger partial charge in [-0.05, 0) is 104 Å². The highest BCUT2D eigenvalue weighted by Gasteiger charge is 2.61. The highest BCUT2D eigenvalue weighted by molar-refractivity contribution is 5.83. The summed E-state index contributed by atoms with van der Waals surface area (Å²) in [4.78, 5) is 22.9. The minimum Gasteiger partial charge on any atom is -0.389 e. The van der Waals surface area contributed by atoms with Crippen molar-refractivity contribution in [3.63, 3.8) is 0 Å². The smallest absolute Gasteiger partial charge is 0.269 e. The van der Waals surface area contributed by atoms with Crippen LogP contribution in [0.2, 0.25) is 0 Å². The van der Waals surface area contributed by atoms with Crippen molar-refractivity contribution in [2.75, 3.05) is 6.61 Å². The van der Waals surface area contributed by atoms with Crippen LogP contribution in [0.25, 0.3) is 0 Å². The summed E-state index contributed by atoms with van der Waals surface area (Å²) in [6.07, 6.45) is 8.72. The lowest BCUT2D eigenvalue weighted by Crippen LogP contribution is -2.56. The van der Waals surface area contributed by atoms with E-state index in [1.165, 1.54) is 12.1 Å². The van der Waals surface area contributed by atoms with Gasteiger partial charge in [-0.25, -0.2) is 0 Å². The van der Waals surface area contributed by atoms with E-state index in [-0.39, 0.29) is 34.8 Å². The Labute approximate surface area is 207 Å². The van der Waals surface area contributed by atoms with Gasteiger partial charge in [0.15, 0.2) is 5.78 Å². The van der Waals surface area contributed by atoms with Gasteiger partial charge >= 0.3 is 0 Å². The van der Waals surface area contributed by atoms with Gasteiger partial charge in [0.05, 0.1) is 4.92 Å². The molecule has 2 N–H and O–H groups in total. The molecule has 4 fully saturated rings. The van der Waals surface area contributed by atoms with Crippen molar-refractivity contribution in [1.29, 1.82) is 0 Å². The van der Waals surface area contributed by atoms with Crippen molar-refractivity contribution in [1.82, 2.24) is 0 Å². The normalized spacial score (nSPS) is 42.1. The lowest BCUT2D eigenvalue weighted by Gasteiger charge is -2.61. The molecule has 4 aliphatic rings. The zero-order valence-corrected chi connectivity index (χ0v) is 20.8. The monoisotopic (exact) mass is 479 g/mol. The number of benzene rings is 1. The van der Waals surface area contributed by atoms with E-state index in [9.17, 15) is 25.1 Å². The summed E-state index contributed by atoms with van der Waals surface area (Å²) in [7, 11) is 0. The van der Waals surface area contributed by atoms with Crippen molar-refractivity contribution in [2.45, 2.75) is 77.2 Å². The van der Waals surface area contributed by atoms with Crippen LogP contribution in [-0.4, -0.2) is 33.1 Å². The fraction of sp³-hybridized carbons (Fsp3) is 0.690. The lowest BCUT2D eigenvalue weighted by atomic mass is 9.44. The van der Waals surface area contributed by atoms with Gasteiger partial charge in [0.2, 0.25) is 0 Å². The number of nitro benzene ring substituents is 1. The number of carbonyl (C=O) groups excluding carboxylic acids is 1. The van der Waals surface area contributed by atoms with Crippen molar-refractivity contribution in [3.05, 3.63) is 39.9 Å². The summed E-state index contributed by atoms with van der Waals surface area (Å²) in [5, 5.41) is 31.8. The number of carbonyl (C=O) groups is 1.